The van der Waals surface area contributed by atoms with Gasteiger partial charge in [-0.1, -0.05) is 13.2 Å². The molecule has 4 nitrogen and oxygen atoms in total. The van der Waals surface area contributed by atoms with Gasteiger partial charge in [-0.15, -0.1) is 0 Å². The Bertz CT molecular complexity index is 353. The zero-order valence-electron chi connectivity index (χ0n) is 9.03. The first-order valence-corrected chi connectivity index (χ1v) is 4.52. The Hall–Kier alpha value is -2.56. The van der Waals surface area contributed by atoms with Gasteiger partial charge in [-0.3, -0.25) is 0 Å². The second kappa shape index (κ2) is 12.4. The second-order valence-corrected chi connectivity index (χ2v) is 2.75. The molecule has 0 fully saturated rings. The summed E-state index contributed by atoms with van der Waals surface area (Å²) in [6.07, 6.45) is 1.80. The molecule has 4 heteroatoms. The van der Waals surface area contributed by atoms with Crippen molar-refractivity contribution in [2.45, 2.75) is 25.7 Å². The van der Waals surface area contributed by atoms with E-state index in [0.29, 0.717) is 36.8 Å². The van der Waals surface area contributed by atoms with Gasteiger partial charge in [0.1, 0.15) is 0 Å². The number of hydrogen-bond acceptors (Lipinski definition) is 4. The lowest BCUT2D eigenvalue weighted by Gasteiger charge is -1.82. The first kappa shape index (κ1) is 15.9. The molecular weight excluding hydrogens is 200 g/mol. The van der Waals surface area contributed by atoms with Crippen molar-refractivity contribution in [3.63, 3.8) is 0 Å². The minimum absolute atomic E-state index is 0.395. The summed E-state index contributed by atoms with van der Waals surface area (Å²) in [4.78, 5) is 0. The highest BCUT2D eigenvalue weighted by Crippen LogP contribution is 1.97. The van der Waals surface area contributed by atoms with E-state index in [-0.39, 0.29) is 0 Å². The van der Waals surface area contributed by atoms with Crippen LogP contribution in [-0.4, -0.2) is 0 Å². The Morgan fingerprint density at radius 1 is 0.750 bits per heavy atom. The monoisotopic (exact) mass is 212 g/mol. The molecule has 0 N–H and O–H groups in total. The molecule has 0 radical (unpaired) electrons. The molecule has 0 aliphatic heterocycles. The van der Waals surface area contributed by atoms with Crippen LogP contribution in [0.1, 0.15) is 25.7 Å². The van der Waals surface area contributed by atoms with Crippen LogP contribution in [0.5, 0.6) is 0 Å². The molecule has 0 spiro atoms. The quantitative estimate of drug-likeness (QED) is 0.669. The molecule has 0 aromatic carbocycles. The number of nitrogens with zero attached hydrogens (tertiary/aromatic N) is 4. The van der Waals surface area contributed by atoms with Crippen molar-refractivity contribution in [3.05, 3.63) is 24.3 Å². The summed E-state index contributed by atoms with van der Waals surface area (Å²) in [5.41, 5.74) is 0.957. The molecule has 0 unspecified atom stereocenters. The Morgan fingerprint density at radius 3 is 1.25 bits per heavy atom. The fraction of sp³-hybridized carbons (Fsp3) is 0.333. The number of allylic oxidation sites excluding steroid dienone is 2. The van der Waals surface area contributed by atoms with Crippen LogP contribution >= 0.6 is 0 Å². The molecular formula is C12H12N4. The van der Waals surface area contributed by atoms with E-state index in [1.165, 1.54) is 0 Å². The minimum atomic E-state index is 0.395. The number of rotatable bonds is 4. The summed E-state index contributed by atoms with van der Waals surface area (Å²) in [6, 6.07) is 7.55. The first-order valence-electron chi connectivity index (χ1n) is 4.52. The standard InChI is InChI=1S/2C6H6N2/c2*1-6(5-8)3-2-4-7/h2*1-3H2. The number of nitriles is 4. The highest BCUT2D eigenvalue weighted by molar-refractivity contribution is 5.16. The van der Waals surface area contributed by atoms with Crippen LogP contribution < -0.4 is 0 Å². The van der Waals surface area contributed by atoms with Gasteiger partial charge in [0.05, 0.1) is 24.3 Å². The molecule has 0 aliphatic carbocycles. The SMILES string of the molecule is C=C(C#N)CCC#N.C=C(C#N)CCC#N. The van der Waals surface area contributed by atoms with Crippen LogP contribution in [-0.2, 0) is 0 Å². The molecule has 0 aromatic rings. The van der Waals surface area contributed by atoms with Crippen molar-refractivity contribution in [1.29, 1.82) is 21.0 Å². The fourth-order valence-corrected chi connectivity index (χ4v) is 0.525. The molecule has 16 heavy (non-hydrogen) atoms. The molecule has 0 aromatic heterocycles. The summed E-state index contributed by atoms with van der Waals surface area (Å²) >= 11 is 0. The van der Waals surface area contributed by atoms with Gasteiger partial charge in [0.25, 0.3) is 0 Å². The summed E-state index contributed by atoms with van der Waals surface area (Å²) in [5, 5.41) is 32.2. The van der Waals surface area contributed by atoms with E-state index >= 15 is 0 Å². The van der Waals surface area contributed by atoms with Crippen LogP contribution in [0.25, 0.3) is 0 Å². The van der Waals surface area contributed by atoms with Crippen LogP contribution in [0.15, 0.2) is 24.3 Å². The van der Waals surface area contributed by atoms with Gasteiger partial charge in [0.2, 0.25) is 0 Å². The van der Waals surface area contributed by atoms with E-state index < -0.39 is 0 Å². The van der Waals surface area contributed by atoms with E-state index in [1.54, 1.807) is 0 Å². The highest BCUT2D eigenvalue weighted by Gasteiger charge is 1.87. The molecule has 0 aliphatic rings. The molecule has 80 valence electrons. The van der Waals surface area contributed by atoms with Gasteiger partial charge in [0, 0.05) is 24.0 Å². The lowest BCUT2D eigenvalue weighted by atomic mass is 10.2. The van der Waals surface area contributed by atoms with Crippen molar-refractivity contribution in [2.24, 2.45) is 0 Å². The zero-order valence-corrected chi connectivity index (χ0v) is 9.03. The molecule has 0 saturated carbocycles. The van der Waals surface area contributed by atoms with Crippen LogP contribution in [0.4, 0.5) is 0 Å². The van der Waals surface area contributed by atoms with Crippen molar-refractivity contribution >= 4 is 0 Å². The summed E-state index contributed by atoms with van der Waals surface area (Å²) in [6.45, 7) is 6.80. The van der Waals surface area contributed by atoms with Crippen LogP contribution in [0.2, 0.25) is 0 Å². The average Bonchev–Trinajstić information content (AvgIpc) is 2.33. The number of hydrogen-bond donors (Lipinski definition) is 0. The third-order valence-corrected chi connectivity index (χ3v) is 1.39. The molecule has 0 heterocycles. The Morgan fingerprint density at radius 2 is 1.06 bits per heavy atom. The van der Waals surface area contributed by atoms with Crippen molar-refractivity contribution in [3.8, 4) is 24.3 Å². The van der Waals surface area contributed by atoms with Crippen molar-refractivity contribution in [1.82, 2.24) is 0 Å². The van der Waals surface area contributed by atoms with E-state index in [0.717, 1.165) is 0 Å². The van der Waals surface area contributed by atoms with E-state index in [4.69, 9.17) is 21.0 Å². The molecule has 0 saturated heterocycles. The predicted molar refractivity (Wildman–Crippen MR) is 59.2 cm³/mol. The fourth-order valence-electron chi connectivity index (χ4n) is 0.525. The molecule has 0 rings (SSSR count). The van der Waals surface area contributed by atoms with Crippen molar-refractivity contribution in [2.75, 3.05) is 0 Å². The van der Waals surface area contributed by atoms with Gasteiger partial charge in [-0.05, 0) is 12.8 Å². The maximum Gasteiger partial charge on any atom is 0.0941 e. The summed E-state index contributed by atoms with van der Waals surface area (Å²) < 4.78 is 0. The first-order chi connectivity index (χ1) is 7.62. The molecule has 0 bridgehead atoms. The van der Waals surface area contributed by atoms with Crippen molar-refractivity contribution < 1.29 is 0 Å². The van der Waals surface area contributed by atoms with Crippen LogP contribution in [0.3, 0.4) is 0 Å². The maximum atomic E-state index is 8.10. The largest absolute Gasteiger partial charge is 0.198 e. The zero-order chi connectivity index (χ0) is 12.8. The lowest BCUT2D eigenvalue weighted by Crippen LogP contribution is -1.72. The predicted octanol–water partition coefficient (Wildman–Crippen LogP) is 2.74. The Balaban J connectivity index is 0. The van der Waals surface area contributed by atoms with Gasteiger partial charge in [0.15, 0.2) is 0 Å². The maximum absolute atomic E-state index is 8.10. The summed E-state index contributed by atoms with van der Waals surface area (Å²) in [7, 11) is 0. The van der Waals surface area contributed by atoms with E-state index in [1.807, 2.05) is 24.3 Å². The van der Waals surface area contributed by atoms with Gasteiger partial charge >= 0.3 is 0 Å². The van der Waals surface area contributed by atoms with Gasteiger partial charge < -0.3 is 0 Å². The third-order valence-electron chi connectivity index (χ3n) is 1.39. The van der Waals surface area contributed by atoms with E-state index in [2.05, 4.69) is 13.2 Å². The Kier molecular flexibility index (Phi) is 12.4. The highest BCUT2D eigenvalue weighted by atomic mass is 14.3. The summed E-state index contributed by atoms with van der Waals surface area (Å²) in [5.74, 6) is 0. The topological polar surface area (TPSA) is 95.2 Å². The Labute approximate surface area is 96.0 Å². The molecule has 0 amide bonds. The lowest BCUT2D eigenvalue weighted by molar-refractivity contribution is 1.03. The molecule has 0 atom stereocenters. The average molecular weight is 212 g/mol. The van der Waals surface area contributed by atoms with Gasteiger partial charge in [-0.25, -0.2) is 0 Å². The van der Waals surface area contributed by atoms with Gasteiger partial charge in [-0.2, -0.15) is 21.0 Å². The third kappa shape index (κ3) is 14.0. The normalized spacial score (nSPS) is 6.75. The smallest absolute Gasteiger partial charge is 0.0941 e. The van der Waals surface area contributed by atoms with E-state index in [9.17, 15) is 0 Å². The van der Waals surface area contributed by atoms with Crippen LogP contribution in [0, 0.1) is 45.3 Å². The second-order valence-electron chi connectivity index (χ2n) is 2.75. The minimum Gasteiger partial charge on any atom is -0.198 e.